The Morgan fingerprint density at radius 2 is 1.64 bits per heavy atom. The zero-order valence-electron chi connectivity index (χ0n) is 18.0. The maximum atomic E-state index is 13.6. The third kappa shape index (κ3) is 4.69. The molecule has 0 N–H and O–H groups in total. The number of amides is 2. The van der Waals surface area contributed by atoms with Gasteiger partial charge in [0.15, 0.2) is 0 Å². The Morgan fingerprint density at radius 1 is 0.970 bits per heavy atom. The number of thiophene rings is 1. The van der Waals surface area contributed by atoms with Gasteiger partial charge in [0.2, 0.25) is 11.8 Å². The van der Waals surface area contributed by atoms with E-state index >= 15 is 0 Å². The van der Waals surface area contributed by atoms with Crippen LogP contribution in [-0.4, -0.2) is 40.7 Å². The average Bonchev–Trinajstić information content (AvgIpc) is 3.54. The van der Waals surface area contributed by atoms with Gasteiger partial charge in [0.25, 0.3) is 0 Å². The quantitative estimate of drug-likeness (QED) is 0.527. The summed E-state index contributed by atoms with van der Waals surface area (Å²) in [5.74, 6) is -0.890. The molecule has 170 valence electrons. The molecule has 1 aliphatic carbocycles. The van der Waals surface area contributed by atoms with Gasteiger partial charge in [-0.1, -0.05) is 24.3 Å². The highest BCUT2D eigenvalue weighted by Crippen LogP contribution is 2.38. The molecule has 33 heavy (non-hydrogen) atoms. The van der Waals surface area contributed by atoms with Crippen molar-refractivity contribution < 1.29 is 18.4 Å². The summed E-state index contributed by atoms with van der Waals surface area (Å²) in [6.45, 7) is 0.570. The molecule has 2 aromatic carbocycles. The third-order valence-electron chi connectivity index (χ3n) is 6.35. The van der Waals surface area contributed by atoms with Gasteiger partial charge in [-0.25, -0.2) is 8.78 Å². The van der Waals surface area contributed by atoms with Gasteiger partial charge in [0, 0.05) is 17.5 Å². The van der Waals surface area contributed by atoms with Crippen LogP contribution in [0.3, 0.4) is 0 Å². The normalized spacial score (nSPS) is 17.5. The van der Waals surface area contributed by atoms with Crippen molar-refractivity contribution in [3.63, 3.8) is 0 Å². The maximum absolute atomic E-state index is 13.6. The molecule has 1 atom stereocenters. The summed E-state index contributed by atoms with van der Waals surface area (Å²) in [6.07, 6.45) is 2.68. The lowest BCUT2D eigenvalue weighted by Gasteiger charge is -2.37. The highest BCUT2D eigenvalue weighted by atomic mass is 32.1. The Hall–Kier alpha value is -3.06. The van der Waals surface area contributed by atoms with Crippen LogP contribution in [0.1, 0.15) is 40.5 Å². The summed E-state index contributed by atoms with van der Waals surface area (Å²) in [7, 11) is 0. The lowest BCUT2D eigenvalue weighted by atomic mass is 9.93. The summed E-state index contributed by atoms with van der Waals surface area (Å²) < 4.78 is 26.8. The Kier molecular flexibility index (Phi) is 5.98. The Labute approximate surface area is 195 Å². The number of carbonyl (C=O) groups excluding carboxylic acids is 2. The van der Waals surface area contributed by atoms with E-state index in [1.807, 2.05) is 16.3 Å². The van der Waals surface area contributed by atoms with Crippen molar-refractivity contribution in [3.8, 4) is 0 Å². The number of carbonyl (C=O) groups is 2. The summed E-state index contributed by atoms with van der Waals surface area (Å²) in [5.41, 5.74) is 2.66. The fraction of sp³-hybridized carbons (Fsp3) is 0.308. The Morgan fingerprint density at radius 3 is 2.30 bits per heavy atom. The second-order valence-electron chi connectivity index (χ2n) is 8.65. The van der Waals surface area contributed by atoms with Gasteiger partial charge in [-0.2, -0.15) is 0 Å². The van der Waals surface area contributed by atoms with Crippen molar-refractivity contribution in [2.45, 2.75) is 37.8 Å². The van der Waals surface area contributed by atoms with Crippen LogP contribution in [0.2, 0.25) is 0 Å². The van der Waals surface area contributed by atoms with Gasteiger partial charge < -0.3 is 9.80 Å². The Balaban J connectivity index is 1.37. The fourth-order valence-electron chi connectivity index (χ4n) is 4.51. The van der Waals surface area contributed by atoms with Crippen LogP contribution < -0.4 is 0 Å². The molecule has 5 rings (SSSR count). The number of fused-ring (bicyclic) bond motifs is 1. The van der Waals surface area contributed by atoms with Gasteiger partial charge in [-0.15, -0.1) is 11.3 Å². The van der Waals surface area contributed by atoms with Crippen LogP contribution in [0, 0.1) is 11.6 Å². The van der Waals surface area contributed by atoms with Crippen LogP contribution in [-0.2, 0) is 22.4 Å². The highest BCUT2D eigenvalue weighted by molar-refractivity contribution is 7.10. The summed E-state index contributed by atoms with van der Waals surface area (Å²) in [6, 6.07) is 14.0. The third-order valence-corrected chi connectivity index (χ3v) is 7.35. The number of benzene rings is 2. The van der Waals surface area contributed by atoms with E-state index in [0.717, 1.165) is 36.0 Å². The number of halogens is 2. The molecule has 1 aromatic heterocycles. The predicted octanol–water partition coefficient (Wildman–Crippen LogP) is 4.73. The molecule has 7 heteroatoms. The number of rotatable bonds is 6. The van der Waals surface area contributed by atoms with Gasteiger partial charge in [0.1, 0.15) is 18.2 Å². The molecule has 2 heterocycles. The first kappa shape index (κ1) is 21.8. The smallest absolute Gasteiger partial charge is 0.243 e. The van der Waals surface area contributed by atoms with Gasteiger partial charge in [-0.3, -0.25) is 9.59 Å². The first-order chi connectivity index (χ1) is 16.0. The monoisotopic (exact) mass is 466 g/mol. The molecule has 0 spiro atoms. The molecule has 1 saturated carbocycles. The van der Waals surface area contributed by atoms with Crippen LogP contribution in [0.4, 0.5) is 8.78 Å². The molecular formula is C26H24F2N2O2S. The molecule has 3 aromatic rings. The van der Waals surface area contributed by atoms with Crippen LogP contribution in [0.5, 0.6) is 0 Å². The lowest BCUT2D eigenvalue weighted by molar-refractivity contribution is -0.142. The van der Waals surface area contributed by atoms with Crippen LogP contribution >= 0.6 is 11.3 Å². The summed E-state index contributed by atoms with van der Waals surface area (Å²) >= 11 is 1.67. The highest BCUT2D eigenvalue weighted by Gasteiger charge is 2.38. The molecule has 2 amide bonds. The number of hydrogen-bond donors (Lipinski definition) is 0. The second kappa shape index (κ2) is 9.06. The van der Waals surface area contributed by atoms with Crippen LogP contribution in [0.25, 0.3) is 0 Å². The molecular weight excluding hydrogens is 442 g/mol. The van der Waals surface area contributed by atoms with E-state index in [1.165, 1.54) is 29.1 Å². The first-order valence-electron chi connectivity index (χ1n) is 11.1. The predicted molar refractivity (Wildman–Crippen MR) is 123 cm³/mol. The van der Waals surface area contributed by atoms with Crippen molar-refractivity contribution in [1.29, 1.82) is 0 Å². The summed E-state index contributed by atoms with van der Waals surface area (Å²) in [5, 5.41) is 2.03. The van der Waals surface area contributed by atoms with Gasteiger partial charge in [0.05, 0.1) is 12.5 Å². The maximum Gasteiger partial charge on any atom is 0.243 e. The van der Waals surface area contributed by atoms with E-state index in [1.54, 1.807) is 40.5 Å². The lowest BCUT2D eigenvalue weighted by Crippen LogP contribution is -2.47. The molecule has 4 nitrogen and oxygen atoms in total. The van der Waals surface area contributed by atoms with Crippen molar-refractivity contribution in [1.82, 2.24) is 9.80 Å². The zero-order chi connectivity index (χ0) is 22.9. The average molecular weight is 467 g/mol. The minimum Gasteiger partial charge on any atom is -0.330 e. The van der Waals surface area contributed by atoms with E-state index in [9.17, 15) is 18.4 Å². The molecule has 0 saturated heterocycles. The molecule has 1 unspecified atom stereocenters. The first-order valence-corrected chi connectivity index (χ1v) is 12.0. The minimum absolute atomic E-state index is 0.0157. The minimum atomic E-state index is -0.342. The molecule has 2 aliphatic rings. The van der Waals surface area contributed by atoms with Crippen molar-refractivity contribution in [2.75, 3.05) is 13.1 Å². The SMILES string of the molecule is O=C(Cc1ccc(F)cc1)N(CC(=O)N1CCc2sccc2C1c1ccc(F)cc1)C1CC1. The largest absolute Gasteiger partial charge is 0.330 e. The second-order valence-corrected chi connectivity index (χ2v) is 9.65. The fourth-order valence-corrected chi connectivity index (χ4v) is 5.42. The van der Waals surface area contributed by atoms with Crippen LogP contribution in [0.15, 0.2) is 60.0 Å². The standard InChI is InChI=1S/C26H24F2N2O2S/c27-19-5-1-17(2-6-19)15-24(31)30(21-9-10-21)16-25(32)29-13-11-23-22(12-14-33-23)26(29)18-3-7-20(28)8-4-18/h1-8,12,14,21,26H,9-11,13,15-16H2. The van der Waals surface area contributed by atoms with E-state index in [2.05, 4.69) is 0 Å². The van der Waals surface area contributed by atoms with Gasteiger partial charge >= 0.3 is 0 Å². The van der Waals surface area contributed by atoms with Crippen molar-refractivity contribution >= 4 is 23.2 Å². The van der Waals surface area contributed by atoms with E-state index in [4.69, 9.17) is 0 Å². The zero-order valence-corrected chi connectivity index (χ0v) is 18.9. The van der Waals surface area contributed by atoms with E-state index < -0.39 is 0 Å². The van der Waals surface area contributed by atoms with Crippen molar-refractivity contribution in [2.24, 2.45) is 0 Å². The van der Waals surface area contributed by atoms with E-state index in [-0.39, 0.29) is 48.5 Å². The number of hydrogen-bond acceptors (Lipinski definition) is 3. The molecule has 0 bridgehead atoms. The molecule has 1 aliphatic heterocycles. The molecule has 1 fully saturated rings. The summed E-state index contributed by atoms with van der Waals surface area (Å²) in [4.78, 5) is 31.3. The Bertz CT molecular complexity index is 1160. The van der Waals surface area contributed by atoms with Crippen molar-refractivity contribution in [3.05, 3.63) is 93.2 Å². The molecule has 0 radical (unpaired) electrons. The number of nitrogens with zero attached hydrogens (tertiary/aromatic N) is 2. The van der Waals surface area contributed by atoms with Gasteiger partial charge in [-0.05, 0) is 71.7 Å². The van der Waals surface area contributed by atoms with E-state index in [0.29, 0.717) is 6.54 Å². The topological polar surface area (TPSA) is 40.6 Å².